The smallest absolute Gasteiger partial charge is 0.138 e. The number of para-hydroxylation sites is 1. The third-order valence-electron chi connectivity index (χ3n) is 1.75. The van der Waals surface area contributed by atoms with Gasteiger partial charge in [0.15, 0.2) is 0 Å². The number of hydrogen-bond donors (Lipinski definition) is 1. The Morgan fingerprint density at radius 3 is 2.73 bits per heavy atom. The van der Waals surface area contributed by atoms with Crippen molar-refractivity contribution in [3.63, 3.8) is 0 Å². The van der Waals surface area contributed by atoms with Gasteiger partial charge in [0.05, 0.1) is 0 Å². The average Bonchev–Trinajstić information content (AvgIpc) is 2.28. The summed E-state index contributed by atoms with van der Waals surface area (Å²) in [4.78, 5) is 0.750. The number of hydrogen-bond acceptors (Lipinski definition) is 2. The second kappa shape index (κ2) is 7.65. The predicted molar refractivity (Wildman–Crippen MR) is 70.9 cm³/mol. The molecule has 1 N–H and O–H groups in total. The Morgan fingerprint density at radius 1 is 1.33 bits per heavy atom. The van der Waals surface area contributed by atoms with Crippen molar-refractivity contribution < 1.29 is 4.74 Å². The van der Waals surface area contributed by atoms with E-state index in [9.17, 15) is 0 Å². The molecule has 1 rings (SSSR count). The van der Waals surface area contributed by atoms with Crippen LogP contribution in [0.3, 0.4) is 0 Å². The molecule has 0 bridgehead atoms. The molecule has 0 saturated carbocycles. The fourth-order valence-corrected chi connectivity index (χ4v) is 1.45. The maximum absolute atomic E-state index is 5.48. The normalized spacial score (nSPS) is 9.67. The van der Waals surface area contributed by atoms with Crippen molar-refractivity contribution >= 4 is 33.1 Å². The Kier molecular flexibility index (Phi) is 6.36. The van der Waals surface area contributed by atoms with Gasteiger partial charge >= 0.3 is 0 Å². The zero-order valence-corrected chi connectivity index (χ0v) is 10.8. The fourth-order valence-electron chi connectivity index (χ4n) is 1.01. The molecular formula is C11H14BrNOS. The minimum atomic E-state index is 0.446. The topological polar surface area (TPSA) is 21.3 Å². The number of alkyl halides is 1. The van der Waals surface area contributed by atoms with Gasteiger partial charge in [-0.25, -0.2) is 0 Å². The van der Waals surface area contributed by atoms with Crippen molar-refractivity contribution in [2.45, 2.75) is 6.42 Å². The molecule has 15 heavy (non-hydrogen) atoms. The van der Waals surface area contributed by atoms with Gasteiger partial charge < -0.3 is 10.1 Å². The number of ether oxygens (including phenoxy) is 1. The number of benzene rings is 1. The van der Waals surface area contributed by atoms with E-state index in [4.69, 9.17) is 17.0 Å². The standard InChI is InChI=1S/C11H14BrNOS/c12-7-4-8-13-11(15)9-14-10-5-2-1-3-6-10/h1-3,5-6H,4,7-9H2,(H,13,15). The minimum absolute atomic E-state index is 0.446. The summed E-state index contributed by atoms with van der Waals surface area (Å²) in [6.07, 6.45) is 1.06. The number of halogens is 1. The van der Waals surface area contributed by atoms with Crippen molar-refractivity contribution in [3.8, 4) is 5.75 Å². The molecule has 0 fully saturated rings. The van der Waals surface area contributed by atoms with E-state index >= 15 is 0 Å². The van der Waals surface area contributed by atoms with Crippen LogP contribution in [-0.2, 0) is 0 Å². The van der Waals surface area contributed by atoms with Crippen molar-refractivity contribution in [1.29, 1.82) is 0 Å². The van der Waals surface area contributed by atoms with E-state index < -0.39 is 0 Å². The maximum atomic E-state index is 5.48. The molecule has 0 heterocycles. The van der Waals surface area contributed by atoms with Gasteiger partial charge in [0, 0.05) is 11.9 Å². The van der Waals surface area contributed by atoms with Crippen LogP contribution in [-0.4, -0.2) is 23.5 Å². The Morgan fingerprint density at radius 2 is 2.07 bits per heavy atom. The van der Waals surface area contributed by atoms with Gasteiger partial charge in [-0.15, -0.1) is 0 Å². The second-order valence-corrected chi connectivity index (χ2v) is 4.28. The SMILES string of the molecule is S=C(COc1ccccc1)NCCCBr. The molecule has 0 spiro atoms. The first-order valence-electron chi connectivity index (χ1n) is 4.83. The Balaban J connectivity index is 2.17. The molecule has 0 amide bonds. The first-order chi connectivity index (χ1) is 7.33. The van der Waals surface area contributed by atoms with Gasteiger partial charge in [-0.05, 0) is 18.6 Å². The van der Waals surface area contributed by atoms with Gasteiger partial charge in [-0.3, -0.25) is 0 Å². The molecule has 0 saturated heterocycles. The van der Waals surface area contributed by atoms with Crippen LogP contribution in [0.2, 0.25) is 0 Å². The highest BCUT2D eigenvalue weighted by Gasteiger charge is 1.96. The summed E-state index contributed by atoms with van der Waals surface area (Å²) in [7, 11) is 0. The maximum Gasteiger partial charge on any atom is 0.138 e. The molecule has 0 atom stereocenters. The van der Waals surface area contributed by atoms with Crippen molar-refractivity contribution in [2.24, 2.45) is 0 Å². The minimum Gasteiger partial charge on any atom is -0.486 e. The van der Waals surface area contributed by atoms with E-state index in [2.05, 4.69) is 21.2 Å². The van der Waals surface area contributed by atoms with Crippen LogP contribution in [0.25, 0.3) is 0 Å². The van der Waals surface area contributed by atoms with Crippen LogP contribution in [0.5, 0.6) is 5.75 Å². The van der Waals surface area contributed by atoms with E-state index in [-0.39, 0.29) is 0 Å². The molecule has 0 aliphatic carbocycles. The van der Waals surface area contributed by atoms with Gasteiger partial charge in [0.25, 0.3) is 0 Å². The first kappa shape index (κ1) is 12.5. The van der Waals surface area contributed by atoms with Gasteiger partial charge in [0.2, 0.25) is 0 Å². The van der Waals surface area contributed by atoms with E-state index in [1.807, 2.05) is 30.3 Å². The monoisotopic (exact) mass is 287 g/mol. The fraction of sp³-hybridized carbons (Fsp3) is 0.364. The number of rotatable bonds is 6. The molecule has 2 nitrogen and oxygen atoms in total. The Bertz CT molecular complexity index is 292. The van der Waals surface area contributed by atoms with Crippen LogP contribution < -0.4 is 10.1 Å². The molecule has 1 aromatic rings. The molecule has 82 valence electrons. The van der Waals surface area contributed by atoms with Crippen LogP contribution >= 0.6 is 28.1 Å². The summed E-state index contributed by atoms with van der Waals surface area (Å²) in [6, 6.07) is 9.68. The average molecular weight is 288 g/mol. The zero-order valence-electron chi connectivity index (χ0n) is 8.41. The molecule has 0 unspecified atom stereocenters. The number of thiocarbonyl (C=S) groups is 1. The third-order valence-corrected chi connectivity index (χ3v) is 2.57. The third kappa shape index (κ3) is 5.74. The van der Waals surface area contributed by atoms with Crippen LogP contribution in [0, 0.1) is 0 Å². The molecule has 0 radical (unpaired) electrons. The summed E-state index contributed by atoms with van der Waals surface area (Å²) in [5, 5.41) is 4.12. The van der Waals surface area contributed by atoms with Crippen molar-refractivity contribution in [2.75, 3.05) is 18.5 Å². The molecule has 0 aromatic heterocycles. The molecule has 1 aromatic carbocycles. The van der Waals surface area contributed by atoms with Crippen LogP contribution in [0.4, 0.5) is 0 Å². The largest absolute Gasteiger partial charge is 0.486 e. The summed E-state index contributed by atoms with van der Waals surface area (Å²) in [6.45, 7) is 1.34. The molecule has 4 heteroatoms. The van der Waals surface area contributed by atoms with Crippen molar-refractivity contribution in [3.05, 3.63) is 30.3 Å². The predicted octanol–water partition coefficient (Wildman–Crippen LogP) is 2.77. The highest BCUT2D eigenvalue weighted by atomic mass is 79.9. The highest BCUT2D eigenvalue weighted by Crippen LogP contribution is 2.07. The summed E-state index contributed by atoms with van der Waals surface area (Å²) >= 11 is 8.48. The lowest BCUT2D eigenvalue weighted by Crippen LogP contribution is -2.28. The Labute approximate surface area is 104 Å². The van der Waals surface area contributed by atoms with Gasteiger partial charge in [-0.2, -0.15) is 0 Å². The van der Waals surface area contributed by atoms with E-state index in [1.54, 1.807) is 0 Å². The Hall–Kier alpha value is -0.610. The van der Waals surface area contributed by atoms with Gasteiger partial charge in [-0.1, -0.05) is 46.3 Å². The lowest BCUT2D eigenvalue weighted by molar-refractivity contribution is 0.374. The molecule has 0 aliphatic heterocycles. The zero-order chi connectivity index (χ0) is 10.9. The van der Waals surface area contributed by atoms with Crippen LogP contribution in [0.15, 0.2) is 30.3 Å². The highest BCUT2D eigenvalue weighted by molar-refractivity contribution is 9.09. The first-order valence-corrected chi connectivity index (χ1v) is 6.36. The number of nitrogens with one attached hydrogen (secondary N) is 1. The van der Waals surface area contributed by atoms with Crippen molar-refractivity contribution in [1.82, 2.24) is 5.32 Å². The van der Waals surface area contributed by atoms with E-state index in [0.29, 0.717) is 6.61 Å². The van der Waals surface area contributed by atoms with E-state index in [1.165, 1.54) is 0 Å². The van der Waals surface area contributed by atoms with E-state index in [0.717, 1.165) is 29.0 Å². The second-order valence-electron chi connectivity index (χ2n) is 2.99. The molecule has 0 aliphatic rings. The summed E-state index contributed by atoms with van der Waals surface area (Å²) < 4.78 is 5.48. The summed E-state index contributed by atoms with van der Waals surface area (Å²) in [5.41, 5.74) is 0. The van der Waals surface area contributed by atoms with Gasteiger partial charge in [0.1, 0.15) is 17.3 Å². The lowest BCUT2D eigenvalue weighted by atomic mass is 10.3. The lowest BCUT2D eigenvalue weighted by Gasteiger charge is -2.08. The quantitative estimate of drug-likeness (QED) is 0.494. The van der Waals surface area contributed by atoms with Crippen LogP contribution in [0.1, 0.15) is 6.42 Å². The molecular weight excluding hydrogens is 274 g/mol. The summed E-state index contributed by atoms with van der Waals surface area (Å²) in [5.74, 6) is 0.849.